The van der Waals surface area contributed by atoms with Gasteiger partial charge in [-0.25, -0.2) is 5.06 Å². The van der Waals surface area contributed by atoms with Crippen molar-refractivity contribution in [3.63, 3.8) is 0 Å². The molecule has 0 spiro atoms. The SMILES string of the molecule is CCCCCCCCCCCCC[C@@H]1C[C@H](CC(=O)N(C)OC)OC(C)(C)O1. The van der Waals surface area contributed by atoms with Gasteiger partial charge in [0.05, 0.1) is 25.7 Å². The van der Waals surface area contributed by atoms with Crippen LogP contribution < -0.4 is 0 Å². The molecule has 166 valence electrons. The van der Waals surface area contributed by atoms with Crippen molar-refractivity contribution in [1.82, 2.24) is 5.06 Å². The molecule has 1 saturated heterocycles. The van der Waals surface area contributed by atoms with E-state index in [1.165, 1.54) is 82.8 Å². The number of unbranched alkanes of at least 4 members (excludes halogenated alkanes) is 10. The van der Waals surface area contributed by atoms with Crippen LogP contribution in [0.4, 0.5) is 0 Å². The number of carbonyl (C=O) groups excluding carboxylic acids is 1. The van der Waals surface area contributed by atoms with E-state index in [1.807, 2.05) is 13.8 Å². The number of ether oxygens (including phenoxy) is 2. The predicted octanol–water partition coefficient (Wildman–Crippen LogP) is 6.01. The largest absolute Gasteiger partial charge is 0.347 e. The molecule has 0 unspecified atom stereocenters. The van der Waals surface area contributed by atoms with Gasteiger partial charge >= 0.3 is 0 Å². The molecule has 0 aromatic rings. The maximum atomic E-state index is 12.1. The lowest BCUT2D eigenvalue weighted by Gasteiger charge is -2.41. The number of amides is 1. The molecule has 28 heavy (non-hydrogen) atoms. The van der Waals surface area contributed by atoms with Crippen LogP contribution >= 0.6 is 0 Å². The Bertz CT molecular complexity index is 413. The zero-order valence-corrected chi connectivity index (χ0v) is 19.1. The summed E-state index contributed by atoms with van der Waals surface area (Å²) < 4.78 is 12.0. The standard InChI is InChI=1S/C23H45NO4/c1-6-7-8-9-10-11-12-13-14-15-16-17-20-18-21(28-23(2,3)27-20)19-22(25)24(4)26-5/h20-21H,6-19H2,1-5H3/t20-,21-/m1/s1. The molecule has 0 bridgehead atoms. The number of rotatable bonds is 15. The highest BCUT2D eigenvalue weighted by Gasteiger charge is 2.36. The third kappa shape index (κ3) is 11.4. The first-order valence-electron chi connectivity index (χ1n) is 11.5. The van der Waals surface area contributed by atoms with Gasteiger partial charge in [0.25, 0.3) is 0 Å². The molecule has 1 amide bonds. The Balaban J connectivity index is 2.15. The molecular formula is C23H45NO4. The maximum Gasteiger partial charge on any atom is 0.248 e. The van der Waals surface area contributed by atoms with Crippen molar-refractivity contribution in [3.8, 4) is 0 Å². The van der Waals surface area contributed by atoms with Gasteiger partial charge < -0.3 is 9.47 Å². The summed E-state index contributed by atoms with van der Waals surface area (Å²) in [4.78, 5) is 17.1. The second-order valence-electron chi connectivity index (χ2n) is 8.72. The fraction of sp³-hybridized carbons (Fsp3) is 0.957. The summed E-state index contributed by atoms with van der Waals surface area (Å²) in [6, 6.07) is 0. The number of carbonyl (C=O) groups is 1. The maximum absolute atomic E-state index is 12.1. The van der Waals surface area contributed by atoms with Gasteiger partial charge in [-0.15, -0.1) is 0 Å². The average Bonchev–Trinajstić information content (AvgIpc) is 2.64. The van der Waals surface area contributed by atoms with Crippen molar-refractivity contribution in [2.24, 2.45) is 0 Å². The second-order valence-corrected chi connectivity index (χ2v) is 8.72. The van der Waals surface area contributed by atoms with Crippen LogP contribution in [0.1, 0.15) is 111 Å². The molecular weight excluding hydrogens is 354 g/mol. The third-order valence-corrected chi connectivity index (χ3v) is 5.58. The van der Waals surface area contributed by atoms with Crippen LogP contribution in [0.2, 0.25) is 0 Å². The molecule has 1 heterocycles. The minimum atomic E-state index is -0.628. The molecule has 5 heteroatoms. The van der Waals surface area contributed by atoms with E-state index >= 15 is 0 Å². The first-order chi connectivity index (χ1) is 13.4. The summed E-state index contributed by atoms with van der Waals surface area (Å²) in [6.07, 6.45) is 17.1. The van der Waals surface area contributed by atoms with Crippen LogP contribution in [0.3, 0.4) is 0 Å². The Kier molecular flexibility index (Phi) is 13.0. The monoisotopic (exact) mass is 399 g/mol. The molecule has 1 rings (SSSR count). The smallest absolute Gasteiger partial charge is 0.248 e. The van der Waals surface area contributed by atoms with E-state index in [-0.39, 0.29) is 18.1 Å². The molecule has 0 aromatic heterocycles. The van der Waals surface area contributed by atoms with E-state index in [0.717, 1.165) is 12.8 Å². The molecule has 2 atom stereocenters. The fourth-order valence-corrected chi connectivity index (χ4v) is 3.98. The van der Waals surface area contributed by atoms with Crippen LogP contribution in [0.5, 0.6) is 0 Å². The molecule has 0 aliphatic carbocycles. The van der Waals surface area contributed by atoms with Crippen molar-refractivity contribution < 1.29 is 19.1 Å². The summed E-state index contributed by atoms with van der Waals surface area (Å²) in [7, 11) is 3.14. The van der Waals surface area contributed by atoms with Crippen LogP contribution in [0, 0.1) is 0 Å². The normalized spacial score (nSPS) is 21.6. The van der Waals surface area contributed by atoms with Crippen LogP contribution in [-0.4, -0.2) is 43.1 Å². The van der Waals surface area contributed by atoms with E-state index in [0.29, 0.717) is 6.42 Å². The van der Waals surface area contributed by atoms with Crippen LogP contribution in [0.25, 0.3) is 0 Å². The quantitative estimate of drug-likeness (QED) is 0.250. The van der Waals surface area contributed by atoms with Crippen molar-refractivity contribution in [1.29, 1.82) is 0 Å². The first-order valence-corrected chi connectivity index (χ1v) is 11.5. The molecule has 0 saturated carbocycles. The Morgan fingerprint density at radius 1 is 0.929 bits per heavy atom. The highest BCUT2D eigenvalue weighted by molar-refractivity contribution is 5.75. The van der Waals surface area contributed by atoms with Gasteiger partial charge in [0.2, 0.25) is 5.91 Å². The van der Waals surface area contributed by atoms with Gasteiger partial charge in [0.1, 0.15) is 0 Å². The first kappa shape index (κ1) is 25.4. The topological polar surface area (TPSA) is 48.0 Å². The van der Waals surface area contributed by atoms with Crippen molar-refractivity contribution in [2.45, 2.75) is 129 Å². The van der Waals surface area contributed by atoms with E-state index < -0.39 is 5.79 Å². The van der Waals surface area contributed by atoms with E-state index in [4.69, 9.17) is 14.3 Å². The molecule has 1 fully saturated rings. The van der Waals surface area contributed by atoms with Gasteiger partial charge in [-0.3, -0.25) is 9.63 Å². The second kappa shape index (κ2) is 14.4. The highest BCUT2D eigenvalue weighted by atomic mass is 16.7. The lowest BCUT2D eigenvalue weighted by molar-refractivity contribution is -0.301. The molecule has 1 aliphatic heterocycles. The van der Waals surface area contributed by atoms with Crippen LogP contribution in [-0.2, 0) is 19.1 Å². The van der Waals surface area contributed by atoms with E-state index in [2.05, 4.69) is 6.92 Å². The molecule has 5 nitrogen and oxygen atoms in total. The Labute approximate surface area is 173 Å². The lowest BCUT2D eigenvalue weighted by Crippen LogP contribution is -2.46. The van der Waals surface area contributed by atoms with Gasteiger partial charge in [-0.2, -0.15) is 0 Å². The Hall–Kier alpha value is -0.650. The fourth-order valence-electron chi connectivity index (χ4n) is 3.98. The van der Waals surface area contributed by atoms with Gasteiger partial charge in [-0.05, 0) is 20.3 Å². The Morgan fingerprint density at radius 2 is 1.43 bits per heavy atom. The number of nitrogens with zero attached hydrogens (tertiary/aromatic N) is 1. The zero-order chi connectivity index (χ0) is 20.8. The molecule has 0 radical (unpaired) electrons. The average molecular weight is 400 g/mol. The minimum Gasteiger partial charge on any atom is -0.347 e. The minimum absolute atomic E-state index is 0.0568. The summed E-state index contributed by atoms with van der Waals surface area (Å²) in [6.45, 7) is 6.15. The number of hydroxylamine groups is 2. The lowest BCUT2D eigenvalue weighted by atomic mass is 9.99. The van der Waals surface area contributed by atoms with Gasteiger partial charge in [0, 0.05) is 13.5 Å². The summed E-state index contributed by atoms with van der Waals surface area (Å²) >= 11 is 0. The number of hydrogen-bond acceptors (Lipinski definition) is 4. The summed E-state index contributed by atoms with van der Waals surface area (Å²) in [5, 5.41) is 1.27. The van der Waals surface area contributed by atoms with Gasteiger partial charge in [-0.1, -0.05) is 77.6 Å². The highest BCUT2D eigenvalue weighted by Crippen LogP contribution is 2.31. The molecule has 0 aromatic carbocycles. The molecule has 1 aliphatic rings. The molecule has 0 N–H and O–H groups in total. The number of hydrogen-bond donors (Lipinski definition) is 0. The Morgan fingerprint density at radius 3 is 1.96 bits per heavy atom. The van der Waals surface area contributed by atoms with Gasteiger partial charge in [0.15, 0.2) is 5.79 Å². The van der Waals surface area contributed by atoms with Crippen molar-refractivity contribution >= 4 is 5.91 Å². The van der Waals surface area contributed by atoms with Crippen molar-refractivity contribution in [2.75, 3.05) is 14.2 Å². The predicted molar refractivity (Wildman–Crippen MR) is 114 cm³/mol. The zero-order valence-electron chi connectivity index (χ0n) is 19.1. The van der Waals surface area contributed by atoms with Crippen LogP contribution in [0.15, 0.2) is 0 Å². The van der Waals surface area contributed by atoms with Crippen molar-refractivity contribution in [3.05, 3.63) is 0 Å². The van der Waals surface area contributed by atoms with E-state index in [9.17, 15) is 4.79 Å². The summed E-state index contributed by atoms with van der Waals surface area (Å²) in [5.41, 5.74) is 0. The summed E-state index contributed by atoms with van der Waals surface area (Å²) in [5.74, 6) is -0.685. The third-order valence-electron chi connectivity index (χ3n) is 5.58. The van der Waals surface area contributed by atoms with E-state index in [1.54, 1.807) is 7.05 Å².